The summed E-state index contributed by atoms with van der Waals surface area (Å²) >= 11 is 0. The van der Waals surface area contributed by atoms with Crippen LogP contribution in [0, 0.1) is 0 Å². The third-order valence-corrected chi connectivity index (χ3v) is 13.3. The number of rotatable bonds is 7. The standard InChI is InChI=1S/C61H43NO/c1-61(2)56-25-15-14-23-50(56)51-35-34-48(38-57(51)61)62(46-30-26-41(27-31-46)40-16-6-3-7-17-40)47-32-28-42(29-33-47)45-36-54(44-20-10-5-11-21-44)59-55-39-53(43-18-8-4-9-19-43)49-22-12-13-24-52(49)60(55)63-58(59)37-45/h3-39H,1-2H3. The van der Waals surface area contributed by atoms with Gasteiger partial charge in [0.15, 0.2) is 0 Å². The highest BCUT2D eigenvalue weighted by Gasteiger charge is 2.35. The van der Waals surface area contributed by atoms with Crippen LogP contribution in [0.4, 0.5) is 17.1 Å². The molecule has 1 aliphatic rings. The highest BCUT2D eigenvalue weighted by atomic mass is 16.3. The zero-order valence-electron chi connectivity index (χ0n) is 35.2. The summed E-state index contributed by atoms with van der Waals surface area (Å²) in [5.41, 5.74) is 19.7. The Kier molecular flexibility index (Phi) is 8.55. The fraction of sp³-hybridized carbons (Fsp3) is 0.0492. The molecule has 2 nitrogen and oxygen atoms in total. The van der Waals surface area contributed by atoms with Crippen molar-refractivity contribution in [2.24, 2.45) is 0 Å². The maximum Gasteiger partial charge on any atom is 0.143 e. The van der Waals surface area contributed by atoms with Gasteiger partial charge in [0.1, 0.15) is 11.2 Å². The van der Waals surface area contributed by atoms with E-state index in [1.165, 1.54) is 49.9 Å². The normalized spacial score (nSPS) is 12.7. The van der Waals surface area contributed by atoms with Gasteiger partial charge in [-0.05, 0) is 127 Å². The molecule has 1 aliphatic carbocycles. The third-order valence-electron chi connectivity index (χ3n) is 13.3. The van der Waals surface area contributed by atoms with Crippen molar-refractivity contribution in [3.05, 3.63) is 236 Å². The number of anilines is 3. The largest absolute Gasteiger partial charge is 0.455 e. The van der Waals surface area contributed by atoms with Crippen LogP contribution >= 0.6 is 0 Å². The first-order chi connectivity index (χ1) is 31.0. The number of hydrogen-bond acceptors (Lipinski definition) is 2. The molecule has 1 heterocycles. The molecule has 0 saturated carbocycles. The molecule has 0 N–H and O–H groups in total. The highest BCUT2D eigenvalue weighted by molar-refractivity contribution is 6.22. The van der Waals surface area contributed by atoms with E-state index in [1.807, 2.05) is 0 Å². The van der Waals surface area contributed by atoms with Crippen LogP contribution in [-0.2, 0) is 5.41 Å². The molecule has 2 heteroatoms. The highest BCUT2D eigenvalue weighted by Crippen LogP contribution is 2.51. The summed E-state index contributed by atoms with van der Waals surface area (Å²) in [7, 11) is 0. The Morgan fingerprint density at radius 2 is 0.841 bits per heavy atom. The van der Waals surface area contributed by atoms with Gasteiger partial charge in [0.25, 0.3) is 0 Å². The fourth-order valence-electron chi connectivity index (χ4n) is 10.1. The average Bonchev–Trinajstić information content (AvgIpc) is 3.84. The molecule has 0 amide bonds. The summed E-state index contributed by atoms with van der Waals surface area (Å²) < 4.78 is 6.97. The van der Waals surface area contributed by atoms with Crippen LogP contribution in [0.2, 0.25) is 0 Å². The summed E-state index contributed by atoms with van der Waals surface area (Å²) in [6.07, 6.45) is 0. The van der Waals surface area contributed by atoms with Crippen molar-refractivity contribution in [3.63, 3.8) is 0 Å². The van der Waals surface area contributed by atoms with E-state index in [2.05, 4.69) is 243 Å². The van der Waals surface area contributed by atoms with E-state index in [-0.39, 0.29) is 5.41 Å². The van der Waals surface area contributed by atoms with E-state index >= 15 is 0 Å². The monoisotopic (exact) mass is 805 g/mol. The second kappa shape index (κ2) is 14.6. The third kappa shape index (κ3) is 6.09. The van der Waals surface area contributed by atoms with Crippen LogP contribution in [0.3, 0.4) is 0 Å². The molecule has 1 aromatic heterocycles. The van der Waals surface area contributed by atoms with Crippen molar-refractivity contribution in [2.45, 2.75) is 19.3 Å². The molecule has 0 fully saturated rings. The molecule has 298 valence electrons. The first-order valence-electron chi connectivity index (χ1n) is 21.8. The molecule has 0 saturated heterocycles. The molecular formula is C61H43NO. The lowest BCUT2D eigenvalue weighted by molar-refractivity contribution is 0.660. The zero-order chi connectivity index (χ0) is 42.1. The minimum absolute atomic E-state index is 0.115. The fourth-order valence-corrected chi connectivity index (χ4v) is 10.1. The molecule has 0 unspecified atom stereocenters. The van der Waals surface area contributed by atoms with Crippen molar-refractivity contribution in [1.82, 2.24) is 0 Å². The van der Waals surface area contributed by atoms with Crippen molar-refractivity contribution in [1.29, 1.82) is 0 Å². The molecule has 0 aliphatic heterocycles. The van der Waals surface area contributed by atoms with Gasteiger partial charge in [-0.2, -0.15) is 0 Å². The van der Waals surface area contributed by atoms with E-state index in [0.29, 0.717) is 0 Å². The number of fused-ring (bicyclic) bond motifs is 8. The predicted molar refractivity (Wildman–Crippen MR) is 265 cm³/mol. The Morgan fingerprint density at radius 1 is 0.333 bits per heavy atom. The van der Waals surface area contributed by atoms with Gasteiger partial charge in [-0.15, -0.1) is 0 Å². The number of benzene rings is 10. The van der Waals surface area contributed by atoms with Gasteiger partial charge in [0.2, 0.25) is 0 Å². The number of hydrogen-bond donors (Lipinski definition) is 0. The van der Waals surface area contributed by atoms with Gasteiger partial charge < -0.3 is 9.32 Å². The maximum absolute atomic E-state index is 6.97. The lowest BCUT2D eigenvalue weighted by Gasteiger charge is -2.28. The molecule has 0 spiro atoms. The van der Waals surface area contributed by atoms with E-state index in [1.54, 1.807) is 0 Å². The minimum atomic E-state index is -0.115. The van der Waals surface area contributed by atoms with Crippen molar-refractivity contribution >= 4 is 49.8 Å². The van der Waals surface area contributed by atoms with Gasteiger partial charge in [-0.25, -0.2) is 0 Å². The van der Waals surface area contributed by atoms with E-state index in [4.69, 9.17) is 4.42 Å². The summed E-state index contributed by atoms with van der Waals surface area (Å²) in [6, 6.07) is 81.4. The zero-order valence-corrected chi connectivity index (χ0v) is 35.2. The van der Waals surface area contributed by atoms with Gasteiger partial charge in [0.05, 0.1) is 0 Å². The lowest BCUT2D eigenvalue weighted by atomic mass is 9.82. The Labute approximate surface area is 368 Å². The van der Waals surface area contributed by atoms with Crippen LogP contribution in [0.15, 0.2) is 229 Å². The predicted octanol–water partition coefficient (Wildman–Crippen LogP) is 17.2. The molecule has 11 aromatic rings. The Morgan fingerprint density at radius 3 is 1.51 bits per heavy atom. The van der Waals surface area contributed by atoms with Crippen LogP contribution < -0.4 is 4.90 Å². The molecule has 0 bridgehead atoms. The average molecular weight is 806 g/mol. The SMILES string of the molecule is CC1(C)c2ccccc2-c2ccc(N(c3ccc(-c4ccccc4)cc3)c3ccc(-c4cc(-c5ccccc5)c5c(c4)oc4c6ccccc6c(-c6ccccc6)cc45)cc3)cc21. The summed E-state index contributed by atoms with van der Waals surface area (Å²) in [6.45, 7) is 4.70. The van der Waals surface area contributed by atoms with Crippen molar-refractivity contribution in [2.75, 3.05) is 4.90 Å². The minimum Gasteiger partial charge on any atom is -0.455 e. The second-order valence-corrected chi connectivity index (χ2v) is 17.3. The number of nitrogens with zero attached hydrogens (tertiary/aromatic N) is 1. The first kappa shape index (κ1) is 36.9. The van der Waals surface area contributed by atoms with Gasteiger partial charge in [-0.3, -0.25) is 0 Å². The molecule has 0 radical (unpaired) electrons. The Hall–Kier alpha value is -7.94. The first-order valence-corrected chi connectivity index (χ1v) is 21.8. The Balaban J connectivity index is 1.00. The van der Waals surface area contributed by atoms with Crippen molar-refractivity contribution in [3.8, 4) is 55.6 Å². The van der Waals surface area contributed by atoms with E-state index in [0.717, 1.165) is 66.6 Å². The molecule has 0 atom stereocenters. The van der Waals surface area contributed by atoms with E-state index in [9.17, 15) is 0 Å². The smallest absolute Gasteiger partial charge is 0.143 e. The van der Waals surface area contributed by atoms with Gasteiger partial charge in [-0.1, -0.05) is 184 Å². The summed E-state index contributed by atoms with van der Waals surface area (Å²) in [5, 5.41) is 4.55. The van der Waals surface area contributed by atoms with Crippen LogP contribution in [0.1, 0.15) is 25.0 Å². The van der Waals surface area contributed by atoms with Crippen molar-refractivity contribution < 1.29 is 4.42 Å². The summed E-state index contributed by atoms with van der Waals surface area (Å²) in [5.74, 6) is 0. The second-order valence-electron chi connectivity index (χ2n) is 17.3. The quantitative estimate of drug-likeness (QED) is 0.160. The molecule has 63 heavy (non-hydrogen) atoms. The maximum atomic E-state index is 6.97. The topological polar surface area (TPSA) is 16.4 Å². The van der Waals surface area contributed by atoms with Crippen LogP contribution in [0.25, 0.3) is 88.3 Å². The van der Waals surface area contributed by atoms with Crippen LogP contribution in [0.5, 0.6) is 0 Å². The number of furan rings is 1. The molecule has 10 aromatic carbocycles. The lowest BCUT2D eigenvalue weighted by Crippen LogP contribution is -2.16. The van der Waals surface area contributed by atoms with E-state index < -0.39 is 0 Å². The van der Waals surface area contributed by atoms with Crippen LogP contribution in [-0.4, -0.2) is 0 Å². The Bertz CT molecular complexity index is 3490. The van der Waals surface area contributed by atoms with Gasteiger partial charge >= 0.3 is 0 Å². The van der Waals surface area contributed by atoms with Gasteiger partial charge in [0, 0.05) is 38.6 Å². The molecular weight excluding hydrogens is 763 g/mol. The summed E-state index contributed by atoms with van der Waals surface area (Å²) in [4.78, 5) is 2.39. The molecule has 12 rings (SSSR count).